The van der Waals surface area contributed by atoms with Crippen molar-refractivity contribution in [3.8, 4) is 0 Å². The van der Waals surface area contributed by atoms with Gasteiger partial charge in [0.05, 0.1) is 0 Å². The zero-order valence-electron chi connectivity index (χ0n) is 7.18. The van der Waals surface area contributed by atoms with Gasteiger partial charge in [-0.25, -0.2) is 0 Å². The van der Waals surface area contributed by atoms with Gasteiger partial charge >= 0.3 is 0 Å². The van der Waals surface area contributed by atoms with Crippen molar-refractivity contribution < 1.29 is 22.4 Å². The minimum atomic E-state index is 0. The van der Waals surface area contributed by atoms with Gasteiger partial charge in [-0.1, -0.05) is 18.2 Å². The summed E-state index contributed by atoms with van der Waals surface area (Å²) in [5.74, 6) is 0. The van der Waals surface area contributed by atoms with Crippen LogP contribution in [-0.4, -0.2) is 11.5 Å². The first-order valence-corrected chi connectivity index (χ1v) is 4.17. The second-order valence-corrected chi connectivity index (χ2v) is 2.90. The molecule has 0 aliphatic carbocycles. The molecule has 3 heteroatoms. The maximum absolute atomic E-state index is 5.50. The van der Waals surface area contributed by atoms with Crippen LogP contribution >= 0.6 is 0 Å². The van der Waals surface area contributed by atoms with Crippen LogP contribution in [0.25, 0.3) is 10.9 Å². The third-order valence-corrected chi connectivity index (χ3v) is 2.09. The largest absolute Gasteiger partial charge is 0.361 e. The van der Waals surface area contributed by atoms with Gasteiger partial charge in [0.1, 0.15) is 0 Å². The zero-order chi connectivity index (χ0) is 8.39. The Balaban J connectivity index is 0.000000845. The van der Waals surface area contributed by atoms with E-state index in [2.05, 4.69) is 23.2 Å². The number of nitrogens with two attached hydrogens (primary N) is 1. The van der Waals surface area contributed by atoms with Crippen LogP contribution in [0.4, 0.5) is 0 Å². The van der Waals surface area contributed by atoms with Crippen molar-refractivity contribution in [1.29, 1.82) is 0 Å². The Kier molecular flexibility index (Phi) is 3.75. The molecule has 0 aliphatic heterocycles. The van der Waals surface area contributed by atoms with Crippen LogP contribution in [0.15, 0.2) is 30.5 Å². The van der Waals surface area contributed by atoms with E-state index < -0.39 is 0 Å². The second kappa shape index (κ2) is 4.63. The van der Waals surface area contributed by atoms with Gasteiger partial charge in [0.15, 0.2) is 0 Å². The molecule has 1 radical (unpaired) electrons. The molecule has 0 bridgehead atoms. The van der Waals surface area contributed by atoms with Crippen molar-refractivity contribution in [1.82, 2.24) is 4.98 Å². The molecule has 1 heterocycles. The van der Waals surface area contributed by atoms with Crippen LogP contribution in [0, 0.1) is 0 Å². The molecule has 2 aromatic rings. The van der Waals surface area contributed by atoms with Crippen molar-refractivity contribution in [2.75, 3.05) is 6.54 Å². The molecule has 1 aromatic heterocycles. The van der Waals surface area contributed by atoms with Crippen molar-refractivity contribution in [2.45, 2.75) is 6.42 Å². The minimum Gasteiger partial charge on any atom is -0.361 e. The number of aromatic nitrogens is 1. The summed E-state index contributed by atoms with van der Waals surface area (Å²) in [5.41, 5.74) is 8.01. The van der Waals surface area contributed by atoms with Crippen LogP contribution in [0.2, 0.25) is 0 Å². The van der Waals surface area contributed by atoms with Gasteiger partial charge in [0.2, 0.25) is 0 Å². The first-order valence-electron chi connectivity index (χ1n) is 4.17. The Labute approximate surface area is 93.0 Å². The summed E-state index contributed by atoms with van der Waals surface area (Å²) < 4.78 is 0. The molecule has 0 aliphatic rings. The molecule has 0 saturated heterocycles. The zero-order valence-corrected chi connectivity index (χ0v) is 9.35. The first-order chi connectivity index (χ1) is 5.92. The maximum Gasteiger partial charge on any atom is 0.0456 e. The Hall–Kier alpha value is -0.540. The summed E-state index contributed by atoms with van der Waals surface area (Å²) in [5, 5.41) is 1.29. The van der Waals surface area contributed by atoms with Crippen molar-refractivity contribution >= 4 is 10.9 Å². The van der Waals surface area contributed by atoms with Gasteiger partial charge < -0.3 is 10.7 Å². The average Bonchev–Trinajstić information content (AvgIpc) is 2.50. The molecule has 0 unspecified atom stereocenters. The summed E-state index contributed by atoms with van der Waals surface area (Å²) in [6.07, 6.45) is 2.99. The first kappa shape index (κ1) is 10.5. The fourth-order valence-electron chi connectivity index (χ4n) is 1.49. The second-order valence-electron chi connectivity index (χ2n) is 2.90. The van der Waals surface area contributed by atoms with Gasteiger partial charge in [0.25, 0.3) is 0 Å². The van der Waals surface area contributed by atoms with Gasteiger partial charge in [0, 0.05) is 39.5 Å². The van der Waals surface area contributed by atoms with Gasteiger partial charge in [-0.05, 0) is 24.6 Å². The fraction of sp³-hybridized carbons (Fsp3) is 0.200. The summed E-state index contributed by atoms with van der Waals surface area (Å²) in [6, 6.07) is 8.29. The van der Waals surface area contributed by atoms with E-state index in [1.807, 2.05) is 12.3 Å². The predicted molar refractivity (Wildman–Crippen MR) is 51.1 cm³/mol. The van der Waals surface area contributed by atoms with Gasteiger partial charge in [-0.3, -0.25) is 0 Å². The molecular formula is C10H12AuN2. The molecule has 2 nitrogen and oxygen atoms in total. The molecular weight excluding hydrogens is 345 g/mol. The Morgan fingerprint density at radius 2 is 2.00 bits per heavy atom. The number of benzene rings is 1. The average molecular weight is 357 g/mol. The summed E-state index contributed by atoms with van der Waals surface area (Å²) in [6.45, 7) is 0.710. The van der Waals surface area contributed by atoms with E-state index in [0.717, 1.165) is 6.42 Å². The van der Waals surface area contributed by atoms with Crippen molar-refractivity contribution in [2.24, 2.45) is 5.73 Å². The fourth-order valence-corrected chi connectivity index (χ4v) is 1.49. The number of fused-ring (bicyclic) bond motifs is 1. The van der Waals surface area contributed by atoms with Crippen LogP contribution in [0.1, 0.15) is 5.56 Å². The molecule has 0 saturated carbocycles. The molecule has 0 atom stereocenters. The molecule has 73 valence electrons. The number of nitrogens with one attached hydrogen (secondary N) is 1. The van der Waals surface area contributed by atoms with E-state index in [1.165, 1.54) is 16.5 Å². The van der Waals surface area contributed by atoms with Gasteiger partial charge in [-0.2, -0.15) is 0 Å². The number of rotatable bonds is 2. The van der Waals surface area contributed by atoms with E-state index in [4.69, 9.17) is 5.73 Å². The normalized spacial score (nSPS) is 9.92. The van der Waals surface area contributed by atoms with Crippen LogP contribution in [0.5, 0.6) is 0 Å². The Morgan fingerprint density at radius 1 is 1.23 bits per heavy atom. The van der Waals surface area contributed by atoms with Crippen LogP contribution < -0.4 is 5.73 Å². The van der Waals surface area contributed by atoms with E-state index in [0.29, 0.717) is 6.54 Å². The van der Waals surface area contributed by atoms with Crippen molar-refractivity contribution in [3.05, 3.63) is 36.0 Å². The summed E-state index contributed by atoms with van der Waals surface area (Å²) >= 11 is 0. The number of para-hydroxylation sites is 1. The molecule has 0 spiro atoms. The quantitative estimate of drug-likeness (QED) is 0.789. The number of aromatic amines is 1. The Bertz CT molecular complexity index is 381. The summed E-state index contributed by atoms with van der Waals surface area (Å²) in [7, 11) is 0. The van der Waals surface area contributed by atoms with E-state index >= 15 is 0 Å². The minimum absolute atomic E-state index is 0. The van der Waals surface area contributed by atoms with E-state index in [1.54, 1.807) is 0 Å². The standard InChI is InChI=1S/C10H12N2.Au/c11-6-5-8-7-12-10-4-2-1-3-9(8)10;/h1-4,7,12H,5-6,11H2;. The van der Waals surface area contributed by atoms with Crippen LogP contribution in [-0.2, 0) is 28.8 Å². The maximum atomic E-state index is 5.50. The SMILES string of the molecule is NCCc1c[nH]c2ccccc12.[Au]. The molecule has 0 amide bonds. The molecule has 1 aromatic carbocycles. The van der Waals surface area contributed by atoms with Gasteiger partial charge in [-0.15, -0.1) is 0 Å². The number of hydrogen-bond acceptors (Lipinski definition) is 1. The molecule has 0 fully saturated rings. The number of hydrogen-bond donors (Lipinski definition) is 2. The van der Waals surface area contributed by atoms with Crippen LogP contribution in [0.3, 0.4) is 0 Å². The third-order valence-electron chi connectivity index (χ3n) is 2.09. The molecule has 2 rings (SSSR count). The smallest absolute Gasteiger partial charge is 0.0456 e. The van der Waals surface area contributed by atoms with E-state index in [9.17, 15) is 0 Å². The summed E-state index contributed by atoms with van der Waals surface area (Å²) in [4.78, 5) is 3.22. The Morgan fingerprint density at radius 3 is 2.77 bits per heavy atom. The molecule has 13 heavy (non-hydrogen) atoms. The molecule has 3 N–H and O–H groups in total. The van der Waals surface area contributed by atoms with E-state index in [-0.39, 0.29) is 22.4 Å². The predicted octanol–water partition coefficient (Wildman–Crippen LogP) is 1.67. The monoisotopic (exact) mass is 357 g/mol. The third kappa shape index (κ3) is 2.03. The topological polar surface area (TPSA) is 41.8 Å². The van der Waals surface area contributed by atoms with Crippen molar-refractivity contribution in [3.63, 3.8) is 0 Å². The number of H-pyrrole nitrogens is 1.